The van der Waals surface area contributed by atoms with Gasteiger partial charge in [0.25, 0.3) is 0 Å². The van der Waals surface area contributed by atoms with Crippen molar-refractivity contribution >= 4 is 17.7 Å². The number of hydrogen-bond donors (Lipinski definition) is 2. The minimum Gasteiger partial charge on any atom is -0.354 e. The van der Waals surface area contributed by atoms with Crippen LogP contribution in [0.2, 0.25) is 0 Å². The lowest BCUT2D eigenvalue weighted by Gasteiger charge is -2.22. The predicted octanol–water partition coefficient (Wildman–Crippen LogP) is 0.501. The lowest BCUT2D eigenvalue weighted by atomic mass is 10.1. The summed E-state index contributed by atoms with van der Waals surface area (Å²) >= 11 is 1.97. The molecule has 1 amide bonds. The molecular formula is C10H17N3OS. The molecule has 1 aliphatic rings. The number of carbonyl (C=O) groups excluding carboxylic acids is 1. The van der Waals surface area contributed by atoms with Crippen molar-refractivity contribution in [3.05, 3.63) is 0 Å². The van der Waals surface area contributed by atoms with E-state index in [0.717, 1.165) is 12.8 Å². The zero-order chi connectivity index (χ0) is 10.9. The van der Waals surface area contributed by atoms with Crippen LogP contribution in [0.3, 0.4) is 0 Å². The average molecular weight is 227 g/mol. The van der Waals surface area contributed by atoms with Crippen LogP contribution in [0.1, 0.15) is 19.3 Å². The van der Waals surface area contributed by atoms with Crippen LogP contribution in [0.4, 0.5) is 0 Å². The van der Waals surface area contributed by atoms with Crippen LogP contribution >= 0.6 is 11.8 Å². The highest BCUT2D eigenvalue weighted by molar-refractivity contribution is 7.99. The molecule has 0 aromatic rings. The zero-order valence-electron chi connectivity index (χ0n) is 8.79. The highest BCUT2D eigenvalue weighted by atomic mass is 32.2. The number of nitrogens with one attached hydrogen (secondary N) is 2. The van der Waals surface area contributed by atoms with E-state index in [2.05, 4.69) is 10.6 Å². The molecule has 4 nitrogen and oxygen atoms in total. The molecule has 1 aliphatic heterocycles. The number of carbonyl (C=O) groups is 1. The molecule has 0 aromatic carbocycles. The third kappa shape index (κ3) is 5.65. The van der Waals surface area contributed by atoms with Gasteiger partial charge in [-0.15, -0.1) is 0 Å². The Morgan fingerprint density at radius 1 is 1.47 bits per heavy atom. The second-order valence-corrected chi connectivity index (χ2v) is 4.75. The summed E-state index contributed by atoms with van der Waals surface area (Å²) in [6, 6.07) is 2.48. The number of nitrogens with zero attached hydrogens (tertiary/aromatic N) is 1. The molecular weight excluding hydrogens is 210 g/mol. The van der Waals surface area contributed by atoms with Crippen LogP contribution < -0.4 is 10.6 Å². The third-order valence-electron chi connectivity index (χ3n) is 2.33. The van der Waals surface area contributed by atoms with Gasteiger partial charge in [0.15, 0.2) is 0 Å². The molecule has 1 fully saturated rings. The quantitative estimate of drug-likeness (QED) is 0.671. The minimum absolute atomic E-state index is 0.0107. The summed E-state index contributed by atoms with van der Waals surface area (Å²) in [6.45, 7) is 0.832. The fourth-order valence-corrected chi connectivity index (χ4v) is 2.57. The summed E-state index contributed by atoms with van der Waals surface area (Å²) < 4.78 is 0. The van der Waals surface area contributed by atoms with Gasteiger partial charge in [-0.1, -0.05) is 0 Å². The van der Waals surface area contributed by atoms with E-state index in [4.69, 9.17) is 5.26 Å². The molecule has 0 unspecified atom stereocenters. The number of hydrogen-bond acceptors (Lipinski definition) is 4. The van der Waals surface area contributed by atoms with Crippen LogP contribution in [-0.4, -0.2) is 36.5 Å². The summed E-state index contributed by atoms with van der Waals surface area (Å²) in [5.74, 6) is 2.37. The van der Waals surface area contributed by atoms with Gasteiger partial charge in [0.1, 0.15) is 0 Å². The molecule has 0 bridgehead atoms. The Hall–Kier alpha value is -0.730. The summed E-state index contributed by atoms with van der Waals surface area (Å²) in [4.78, 5) is 11.3. The molecule has 1 saturated heterocycles. The Labute approximate surface area is 94.8 Å². The smallest absolute Gasteiger partial charge is 0.233 e. The van der Waals surface area contributed by atoms with Gasteiger partial charge < -0.3 is 10.6 Å². The minimum atomic E-state index is -0.0107. The maximum absolute atomic E-state index is 11.3. The van der Waals surface area contributed by atoms with Gasteiger partial charge in [-0.05, 0) is 24.3 Å². The van der Waals surface area contributed by atoms with Crippen molar-refractivity contribution in [2.75, 3.05) is 24.6 Å². The maximum Gasteiger partial charge on any atom is 0.233 e. The van der Waals surface area contributed by atoms with E-state index in [1.807, 2.05) is 17.8 Å². The first-order valence-electron chi connectivity index (χ1n) is 5.27. The molecule has 0 atom stereocenters. The summed E-state index contributed by atoms with van der Waals surface area (Å²) in [5, 5.41) is 14.2. The Morgan fingerprint density at radius 3 is 2.87 bits per heavy atom. The summed E-state index contributed by atoms with van der Waals surface area (Å²) in [5.41, 5.74) is 0. The first-order chi connectivity index (χ1) is 7.33. The standard InChI is InChI=1S/C10H17N3OS/c11-4-1-5-12-10(14)8-13-9-2-6-15-7-3-9/h9,13H,1-3,5-8H2,(H,12,14). The predicted molar refractivity (Wildman–Crippen MR) is 61.6 cm³/mol. The highest BCUT2D eigenvalue weighted by Gasteiger charge is 2.13. The van der Waals surface area contributed by atoms with Gasteiger partial charge in [-0.2, -0.15) is 17.0 Å². The van der Waals surface area contributed by atoms with Crippen molar-refractivity contribution in [2.24, 2.45) is 0 Å². The SMILES string of the molecule is N#CCCNC(=O)CNC1CCSCC1. The Bertz CT molecular complexity index is 233. The fourth-order valence-electron chi connectivity index (χ4n) is 1.46. The van der Waals surface area contributed by atoms with Gasteiger partial charge >= 0.3 is 0 Å². The molecule has 1 rings (SSSR count). The van der Waals surface area contributed by atoms with Gasteiger partial charge in [0.05, 0.1) is 19.0 Å². The Morgan fingerprint density at radius 2 is 2.20 bits per heavy atom. The molecule has 0 radical (unpaired) electrons. The molecule has 84 valence electrons. The number of amides is 1. The van der Waals surface area contributed by atoms with E-state index in [9.17, 15) is 4.79 Å². The van der Waals surface area contributed by atoms with E-state index in [1.54, 1.807) is 0 Å². The van der Waals surface area contributed by atoms with E-state index >= 15 is 0 Å². The molecule has 15 heavy (non-hydrogen) atoms. The van der Waals surface area contributed by atoms with Gasteiger partial charge in [0.2, 0.25) is 5.91 Å². The third-order valence-corrected chi connectivity index (χ3v) is 3.38. The molecule has 0 aromatic heterocycles. The summed E-state index contributed by atoms with van der Waals surface area (Å²) in [6.07, 6.45) is 2.68. The average Bonchev–Trinajstić information content (AvgIpc) is 2.28. The number of rotatable bonds is 5. The van der Waals surface area contributed by atoms with Crippen LogP contribution in [0.15, 0.2) is 0 Å². The van der Waals surface area contributed by atoms with Crippen molar-refractivity contribution in [2.45, 2.75) is 25.3 Å². The van der Waals surface area contributed by atoms with Gasteiger partial charge in [0, 0.05) is 12.6 Å². The van der Waals surface area contributed by atoms with Crippen LogP contribution in [0.5, 0.6) is 0 Å². The molecule has 0 spiro atoms. The van der Waals surface area contributed by atoms with Crippen molar-refractivity contribution in [1.82, 2.24) is 10.6 Å². The molecule has 0 saturated carbocycles. The van der Waals surface area contributed by atoms with Crippen molar-refractivity contribution < 1.29 is 4.79 Å². The van der Waals surface area contributed by atoms with Gasteiger partial charge in [-0.3, -0.25) is 4.79 Å². The monoisotopic (exact) mass is 227 g/mol. The fraction of sp³-hybridized carbons (Fsp3) is 0.800. The number of thioether (sulfide) groups is 1. The largest absolute Gasteiger partial charge is 0.354 e. The second kappa shape index (κ2) is 7.55. The Kier molecular flexibility index (Phi) is 6.21. The number of nitriles is 1. The van der Waals surface area contributed by atoms with E-state index < -0.39 is 0 Å². The summed E-state index contributed by atoms with van der Waals surface area (Å²) in [7, 11) is 0. The molecule has 2 N–H and O–H groups in total. The second-order valence-electron chi connectivity index (χ2n) is 3.53. The van der Waals surface area contributed by atoms with Crippen molar-refractivity contribution in [3.63, 3.8) is 0 Å². The lowest BCUT2D eigenvalue weighted by Crippen LogP contribution is -2.40. The topological polar surface area (TPSA) is 64.9 Å². The normalized spacial score (nSPS) is 17.0. The molecule has 1 heterocycles. The van der Waals surface area contributed by atoms with E-state index in [-0.39, 0.29) is 5.91 Å². The van der Waals surface area contributed by atoms with Crippen molar-refractivity contribution in [1.29, 1.82) is 5.26 Å². The van der Waals surface area contributed by atoms with Crippen LogP contribution in [-0.2, 0) is 4.79 Å². The molecule has 5 heteroatoms. The van der Waals surface area contributed by atoms with Crippen molar-refractivity contribution in [3.8, 4) is 6.07 Å². The van der Waals surface area contributed by atoms with E-state index in [0.29, 0.717) is 25.6 Å². The molecule has 0 aliphatic carbocycles. The zero-order valence-corrected chi connectivity index (χ0v) is 9.61. The first-order valence-corrected chi connectivity index (χ1v) is 6.43. The lowest BCUT2D eigenvalue weighted by molar-refractivity contribution is -0.120. The van der Waals surface area contributed by atoms with Crippen LogP contribution in [0, 0.1) is 11.3 Å². The maximum atomic E-state index is 11.3. The highest BCUT2D eigenvalue weighted by Crippen LogP contribution is 2.16. The van der Waals surface area contributed by atoms with Crippen LogP contribution in [0.25, 0.3) is 0 Å². The first kappa shape index (κ1) is 12.3. The van der Waals surface area contributed by atoms with E-state index in [1.165, 1.54) is 11.5 Å². The van der Waals surface area contributed by atoms with Gasteiger partial charge in [-0.25, -0.2) is 0 Å². The Balaban J connectivity index is 2.03.